The van der Waals surface area contributed by atoms with Crippen LogP contribution in [0.2, 0.25) is 0 Å². The molecule has 0 aliphatic heterocycles. The van der Waals surface area contributed by atoms with E-state index in [0.29, 0.717) is 0 Å². The van der Waals surface area contributed by atoms with Crippen LogP contribution in [0.4, 0.5) is 0 Å². The maximum atomic E-state index is 3.42. The Bertz CT molecular complexity index is 797. The van der Waals surface area contributed by atoms with E-state index in [0.717, 1.165) is 0 Å². The Morgan fingerprint density at radius 1 is 0.667 bits per heavy atom. The minimum absolute atomic E-state index is 1.19. The van der Waals surface area contributed by atoms with Gasteiger partial charge in [0, 0.05) is 0 Å². The second-order valence-electron chi connectivity index (χ2n) is 4.51. The Morgan fingerprint density at radius 3 is 2.56 bits per heavy atom. The van der Waals surface area contributed by atoms with Crippen molar-refractivity contribution in [2.75, 3.05) is 0 Å². The maximum Gasteiger partial charge on any atom is -0.00201 e. The molecule has 0 nitrogen and oxygen atoms in total. The molecule has 4 aromatic rings. The zero-order valence-corrected chi connectivity index (χ0v) is 9.77. The summed E-state index contributed by atoms with van der Waals surface area (Å²) in [6, 6.07) is 27.5. The number of benzene rings is 4. The van der Waals surface area contributed by atoms with Gasteiger partial charge in [0.05, 0.1) is 0 Å². The van der Waals surface area contributed by atoms with Crippen LogP contribution in [0.5, 0.6) is 0 Å². The molecule has 0 bridgehead atoms. The molecule has 0 saturated heterocycles. The predicted octanol–water partition coefficient (Wildman–Crippen LogP) is 4.75. The van der Waals surface area contributed by atoms with Crippen molar-refractivity contribution in [2.24, 2.45) is 0 Å². The van der Waals surface area contributed by atoms with Crippen LogP contribution in [0.1, 0.15) is 0 Å². The van der Waals surface area contributed by atoms with Gasteiger partial charge in [0.15, 0.2) is 0 Å². The molecule has 0 unspecified atom stereocenters. The fraction of sp³-hybridized carbons (Fsp3) is 0. The molecule has 0 aromatic heterocycles. The van der Waals surface area contributed by atoms with Crippen molar-refractivity contribution >= 4 is 32.3 Å². The fourth-order valence-corrected chi connectivity index (χ4v) is 2.61. The molecule has 0 amide bonds. The minimum atomic E-state index is 1.19. The van der Waals surface area contributed by atoms with Crippen molar-refractivity contribution in [1.82, 2.24) is 0 Å². The van der Waals surface area contributed by atoms with Crippen molar-refractivity contribution in [1.29, 1.82) is 0 Å². The summed E-state index contributed by atoms with van der Waals surface area (Å²) in [5.74, 6) is 0. The van der Waals surface area contributed by atoms with Gasteiger partial charge in [-0.2, -0.15) is 0 Å². The van der Waals surface area contributed by atoms with Gasteiger partial charge in [-0.25, -0.2) is 0 Å². The van der Waals surface area contributed by atoms with E-state index in [2.05, 4.69) is 60.7 Å². The van der Waals surface area contributed by atoms with Crippen molar-refractivity contribution < 1.29 is 0 Å². The van der Waals surface area contributed by atoms with Gasteiger partial charge >= 0.3 is 0 Å². The summed E-state index contributed by atoms with van der Waals surface area (Å²) >= 11 is 0. The van der Waals surface area contributed by atoms with E-state index < -0.39 is 0 Å². The summed E-state index contributed by atoms with van der Waals surface area (Å²) in [6.07, 6.45) is 0. The van der Waals surface area contributed by atoms with E-state index in [1.807, 2.05) is 12.1 Å². The van der Waals surface area contributed by atoms with E-state index in [-0.39, 0.29) is 0 Å². The molecular formula is C18H10. The fourth-order valence-electron chi connectivity index (χ4n) is 2.61. The lowest BCUT2D eigenvalue weighted by molar-refractivity contribution is 1.76. The summed E-state index contributed by atoms with van der Waals surface area (Å²) in [7, 11) is 0. The highest BCUT2D eigenvalue weighted by Gasteiger charge is 2.03. The zero-order valence-electron chi connectivity index (χ0n) is 9.77. The Morgan fingerprint density at radius 2 is 1.56 bits per heavy atom. The number of fused-ring (bicyclic) bond motifs is 5. The smallest absolute Gasteiger partial charge is 0.00201 e. The predicted molar refractivity (Wildman–Crippen MR) is 76.6 cm³/mol. The molecule has 0 aliphatic carbocycles. The first kappa shape index (κ1) is 9.67. The third-order valence-electron chi connectivity index (χ3n) is 3.49. The first-order valence-electron chi connectivity index (χ1n) is 6.05. The summed E-state index contributed by atoms with van der Waals surface area (Å²) in [5, 5.41) is 7.47. The SMILES string of the molecule is [c]1ccc2c(c1)ccc1c2[c]cc2ccccc21. The minimum Gasteiger partial charge on any atom is -0.0616 e. The second kappa shape index (κ2) is 3.58. The first-order chi connectivity index (χ1) is 8.93. The largest absolute Gasteiger partial charge is 0.0616 e. The molecule has 4 rings (SSSR count). The van der Waals surface area contributed by atoms with Crippen LogP contribution in [-0.2, 0) is 0 Å². The van der Waals surface area contributed by atoms with Gasteiger partial charge in [-0.15, -0.1) is 0 Å². The lowest BCUT2D eigenvalue weighted by atomic mass is 9.97. The van der Waals surface area contributed by atoms with Gasteiger partial charge < -0.3 is 0 Å². The van der Waals surface area contributed by atoms with E-state index in [1.165, 1.54) is 32.3 Å². The van der Waals surface area contributed by atoms with Gasteiger partial charge in [-0.05, 0) is 56.6 Å². The van der Waals surface area contributed by atoms with Gasteiger partial charge in [0.25, 0.3) is 0 Å². The van der Waals surface area contributed by atoms with E-state index in [1.54, 1.807) is 0 Å². The van der Waals surface area contributed by atoms with Gasteiger partial charge in [0.2, 0.25) is 0 Å². The van der Waals surface area contributed by atoms with Gasteiger partial charge in [-0.3, -0.25) is 0 Å². The quantitative estimate of drug-likeness (QED) is 0.380. The molecule has 0 heteroatoms. The normalized spacial score (nSPS) is 11.3. The van der Waals surface area contributed by atoms with Crippen molar-refractivity contribution in [3.63, 3.8) is 0 Å². The Kier molecular flexibility index (Phi) is 1.92. The lowest BCUT2D eigenvalue weighted by Gasteiger charge is -2.06. The Hall–Kier alpha value is -2.34. The van der Waals surface area contributed by atoms with E-state index in [9.17, 15) is 0 Å². The Labute approximate surface area is 105 Å². The number of rotatable bonds is 0. The van der Waals surface area contributed by atoms with Crippen molar-refractivity contribution in [2.45, 2.75) is 0 Å². The van der Waals surface area contributed by atoms with Crippen LogP contribution in [0.25, 0.3) is 32.3 Å². The van der Waals surface area contributed by atoms with E-state index in [4.69, 9.17) is 0 Å². The van der Waals surface area contributed by atoms with Gasteiger partial charge in [-0.1, -0.05) is 48.5 Å². The van der Waals surface area contributed by atoms with Crippen LogP contribution in [0.15, 0.2) is 60.7 Å². The van der Waals surface area contributed by atoms with Crippen LogP contribution in [0, 0.1) is 12.1 Å². The molecule has 4 aromatic carbocycles. The molecule has 0 spiro atoms. The zero-order chi connectivity index (χ0) is 11.9. The number of hydrogen-bond donors (Lipinski definition) is 0. The van der Waals surface area contributed by atoms with Crippen molar-refractivity contribution in [3.05, 3.63) is 72.8 Å². The Balaban J connectivity index is 2.31. The molecule has 2 radical (unpaired) electrons. The standard InChI is InChI=1S/C18H10/c1-3-7-15-13(5-1)9-11-18-16-8-4-2-6-14(16)10-12-17(15)18/h1,3-10,12H. The molecule has 82 valence electrons. The maximum absolute atomic E-state index is 3.42. The van der Waals surface area contributed by atoms with Crippen molar-refractivity contribution in [3.8, 4) is 0 Å². The molecule has 0 fully saturated rings. The third-order valence-corrected chi connectivity index (χ3v) is 3.49. The van der Waals surface area contributed by atoms with E-state index >= 15 is 0 Å². The molecule has 0 heterocycles. The second-order valence-corrected chi connectivity index (χ2v) is 4.51. The van der Waals surface area contributed by atoms with Crippen LogP contribution < -0.4 is 0 Å². The summed E-state index contributed by atoms with van der Waals surface area (Å²) in [4.78, 5) is 0. The molecular weight excluding hydrogens is 216 g/mol. The molecule has 0 aliphatic rings. The monoisotopic (exact) mass is 226 g/mol. The van der Waals surface area contributed by atoms with Crippen LogP contribution in [-0.4, -0.2) is 0 Å². The molecule has 18 heavy (non-hydrogen) atoms. The third kappa shape index (κ3) is 1.26. The summed E-state index contributed by atoms with van der Waals surface area (Å²) in [5.41, 5.74) is 0. The molecule has 0 atom stereocenters. The summed E-state index contributed by atoms with van der Waals surface area (Å²) in [6.45, 7) is 0. The first-order valence-corrected chi connectivity index (χ1v) is 6.05. The van der Waals surface area contributed by atoms with Gasteiger partial charge in [0.1, 0.15) is 0 Å². The highest BCUT2D eigenvalue weighted by atomic mass is 14.1. The average Bonchev–Trinajstić information content (AvgIpc) is 2.46. The number of hydrogen-bond acceptors (Lipinski definition) is 0. The van der Waals surface area contributed by atoms with Crippen LogP contribution >= 0.6 is 0 Å². The lowest BCUT2D eigenvalue weighted by Crippen LogP contribution is -1.80. The summed E-state index contributed by atoms with van der Waals surface area (Å²) < 4.78 is 0. The van der Waals surface area contributed by atoms with Crippen LogP contribution in [0.3, 0.4) is 0 Å². The highest BCUT2D eigenvalue weighted by Crippen LogP contribution is 2.30. The topological polar surface area (TPSA) is 0 Å². The average molecular weight is 226 g/mol. The highest BCUT2D eigenvalue weighted by molar-refractivity contribution is 6.16. The molecule has 0 N–H and O–H groups in total. The molecule has 0 saturated carbocycles.